The van der Waals surface area contributed by atoms with Crippen molar-refractivity contribution < 1.29 is 9.59 Å². The van der Waals surface area contributed by atoms with Crippen LogP contribution in [0.15, 0.2) is 48.8 Å². The first kappa shape index (κ1) is 16.6. The van der Waals surface area contributed by atoms with E-state index in [9.17, 15) is 9.59 Å². The predicted octanol–water partition coefficient (Wildman–Crippen LogP) is 2.80. The topological polar surface area (TPSA) is 45.6 Å². The Kier molecular flexibility index (Phi) is 4.90. The number of piperazine rings is 1. The molecule has 1 aromatic carbocycles. The van der Waals surface area contributed by atoms with Gasteiger partial charge < -0.3 is 14.4 Å². The summed E-state index contributed by atoms with van der Waals surface area (Å²) in [4.78, 5) is 28.3. The maximum atomic E-state index is 12.5. The molecule has 0 saturated carbocycles. The Labute approximate surface area is 146 Å². The summed E-state index contributed by atoms with van der Waals surface area (Å²) < 4.78 is 1.97. The SMILES string of the molecule is CC1CN(c2ccc(Cl)cc2)C(=O)CN1C(=O)CCn1cccc1. The van der Waals surface area contributed by atoms with Crippen LogP contribution in [-0.2, 0) is 16.1 Å². The molecule has 0 bridgehead atoms. The van der Waals surface area contributed by atoms with E-state index < -0.39 is 0 Å². The summed E-state index contributed by atoms with van der Waals surface area (Å²) in [5.41, 5.74) is 0.815. The summed E-state index contributed by atoms with van der Waals surface area (Å²) in [7, 11) is 0. The molecular weight excluding hydrogens is 326 g/mol. The molecular formula is C18H20ClN3O2. The fourth-order valence-electron chi connectivity index (χ4n) is 2.94. The summed E-state index contributed by atoms with van der Waals surface area (Å²) in [6.45, 7) is 3.22. The van der Waals surface area contributed by atoms with Gasteiger partial charge in [0.25, 0.3) is 0 Å². The second kappa shape index (κ2) is 7.09. The van der Waals surface area contributed by atoms with Crippen molar-refractivity contribution in [2.75, 3.05) is 18.0 Å². The summed E-state index contributed by atoms with van der Waals surface area (Å²) >= 11 is 5.90. The van der Waals surface area contributed by atoms with Crippen molar-refractivity contribution in [1.82, 2.24) is 9.47 Å². The maximum absolute atomic E-state index is 12.5. The molecule has 0 spiro atoms. The average molecular weight is 346 g/mol. The lowest BCUT2D eigenvalue weighted by atomic mass is 10.1. The van der Waals surface area contributed by atoms with Gasteiger partial charge in [0.2, 0.25) is 11.8 Å². The highest BCUT2D eigenvalue weighted by atomic mass is 35.5. The van der Waals surface area contributed by atoms with Crippen LogP contribution in [0, 0.1) is 0 Å². The highest BCUT2D eigenvalue weighted by molar-refractivity contribution is 6.30. The van der Waals surface area contributed by atoms with E-state index in [0.29, 0.717) is 24.5 Å². The lowest BCUT2D eigenvalue weighted by molar-refractivity contribution is -0.139. The molecule has 1 unspecified atom stereocenters. The molecule has 6 heteroatoms. The number of aromatic nitrogens is 1. The zero-order valence-electron chi connectivity index (χ0n) is 13.6. The minimum absolute atomic E-state index is 0.0142. The van der Waals surface area contributed by atoms with Crippen LogP contribution in [0.3, 0.4) is 0 Å². The zero-order chi connectivity index (χ0) is 17.1. The van der Waals surface area contributed by atoms with Gasteiger partial charge in [0.15, 0.2) is 0 Å². The van der Waals surface area contributed by atoms with Crippen molar-refractivity contribution in [3.05, 3.63) is 53.8 Å². The zero-order valence-corrected chi connectivity index (χ0v) is 14.3. The van der Waals surface area contributed by atoms with Crippen LogP contribution in [-0.4, -0.2) is 40.4 Å². The normalized spacial score (nSPS) is 18.1. The number of hydrogen-bond acceptors (Lipinski definition) is 2. The molecule has 1 aromatic heterocycles. The Bertz CT molecular complexity index is 712. The third-order valence-electron chi connectivity index (χ3n) is 4.29. The number of rotatable bonds is 4. The predicted molar refractivity (Wildman–Crippen MR) is 94.0 cm³/mol. The number of benzene rings is 1. The first-order valence-corrected chi connectivity index (χ1v) is 8.38. The first-order valence-electron chi connectivity index (χ1n) is 8.01. The molecule has 1 aliphatic heterocycles. The smallest absolute Gasteiger partial charge is 0.246 e. The molecule has 126 valence electrons. The van der Waals surface area contributed by atoms with Crippen molar-refractivity contribution in [1.29, 1.82) is 0 Å². The molecule has 5 nitrogen and oxygen atoms in total. The standard InChI is InChI=1S/C18H20ClN3O2/c1-14-12-22(16-6-4-15(19)5-7-16)18(24)13-21(14)17(23)8-11-20-9-2-3-10-20/h2-7,9-10,14H,8,11-13H2,1H3. The molecule has 24 heavy (non-hydrogen) atoms. The van der Waals surface area contributed by atoms with Crippen LogP contribution < -0.4 is 4.90 Å². The molecule has 1 atom stereocenters. The third kappa shape index (κ3) is 3.62. The van der Waals surface area contributed by atoms with E-state index in [0.717, 1.165) is 5.69 Å². The fourth-order valence-corrected chi connectivity index (χ4v) is 3.07. The Morgan fingerprint density at radius 2 is 1.88 bits per heavy atom. The molecule has 2 amide bonds. The summed E-state index contributed by atoms with van der Waals surface area (Å²) in [5.74, 6) is -0.0509. The highest BCUT2D eigenvalue weighted by Gasteiger charge is 2.32. The molecule has 0 radical (unpaired) electrons. The second-order valence-electron chi connectivity index (χ2n) is 6.02. The minimum Gasteiger partial charge on any atom is -0.354 e. The quantitative estimate of drug-likeness (QED) is 0.855. The van der Waals surface area contributed by atoms with Gasteiger partial charge in [0.1, 0.15) is 6.54 Å². The van der Waals surface area contributed by atoms with E-state index in [1.54, 1.807) is 21.9 Å². The molecule has 1 aliphatic rings. The van der Waals surface area contributed by atoms with Gasteiger partial charge in [-0.2, -0.15) is 0 Å². The van der Waals surface area contributed by atoms with E-state index in [1.165, 1.54) is 0 Å². The number of carbonyl (C=O) groups is 2. The van der Waals surface area contributed by atoms with Crippen molar-refractivity contribution in [3.8, 4) is 0 Å². The number of anilines is 1. The van der Waals surface area contributed by atoms with Crippen LogP contribution in [0.5, 0.6) is 0 Å². The summed E-state index contributed by atoms with van der Waals surface area (Å²) in [6.07, 6.45) is 4.26. The van der Waals surface area contributed by atoms with E-state index >= 15 is 0 Å². The van der Waals surface area contributed by atoms with Gasteiger partial charge in [-0.15, -0.1) is 0 Å². The van der Waals surface area contributed by atoms with Crippen molar-refractivity contribution in [2.24, 2.45) is 0 Å². The fraction of sp³-hybridized carbons (Fsp3) is 0.333. The van der Waals surface area contributed by atoms with Crippen molar-refractivity contribution >= 4 is 29.1 Å². The molecule has 1 saturated heterocycles. The largest absolute Gasteiger partial charge is 0.354 e. The number of carbonyl (C=O) groups excluding carboxylic acids is 2. The Balaban J connectivity index is 1.63. The van der Waals surface area contributed by atoms with Gasteiger partial charge in [-0.05, 0) is 43.3 Å². The van der Waals surface area contributed by atoms with Gasteiger partial charge in [-0.25, -0.2) is 0 Å². The van der Waals surface area contributed by atoms with Crippen LogP contribution in [0.25, 0.3) is 0 Å². The lowest BCUT2D eigenvalue weighted by Crippen LogP contribution is -2.57. The third-order valence-corrected chi connectivity index (χ3v) is 4.55. The number of nitrogens with zero attached hydrogens (tertiary/aromatic N) is 3. The van der Waals surface area contributed by atoms with Crippen LogP contribution in [0.2, 0.25) is 5.02 Å². The highest BCUT2D eigenvalue weighted by Crippen LogP contribution is 2.22. The number of hydrogen-bond donors (Lipinski definition) is 0. The number of amides is 2. The Hall–Kier alpha value is -2.27. The lowest BCUT2D eigenvalue weighted by Gasteiger charge is -2.39. The monoisotopic (exact) mass is 345 g/mol. The average Bonchev–Trinajstić information content (AvgIpc) is 3.09. The molecule has 1 fully saturated rings. The van der Waals surface area contributed by atoms with Crippen molar-refractivity contribution in [2.45, 2.75) is 25.9 Å². The minimum atomic E-state index is -0.0651. The molecule has 0 N–H and O–H groups in total. The van der Waals surface area contributed by atoms with Gasteiger partial charge in [0.05, 0.1) is 0 Å². The Morgan fingerprint density at radius 3 is 2.54 bits per heavy atom. The van der Waals surface area contributed by atoms with E-state index in [1.807, 2.05) is 48.1 Å². The van der Waals surface area contributed by atoms with Crippen LogP contribution in [0.4, 0.5) is 5.69 Å². The molecule has 2 heterocycles. The van der Waals surface area contributed by atoms with E-state index in [4.69, 9.17) is 11.6 Å². The summed E-state index contributed by atoms with van der Waals surface area (Å²) in [6, 6.07) is 11.0. The summed E-state index contributed by atoms with van der Waals surface area (Å²) in [5, 5.41) is 0.637. The Morgan fingerprint density at radius 1 is 1.21 bits per heavy atom. The van der Waals surface area contributed by atoms with Gasteiger partial charge in [-0.3, -0.25) is 9.59 Å². The van der Waals surface area contributed by atoms with Gasteiger partial charge in [-0.1, -0.05) is 11.6 Å². The van der Waals surface area contributed by atoms with E-state index in [-0.39, 0.29) is 24.4 Å². The van der Waals surface area contributed by atoms with Gasteiger partial charge >= 0.3 is 0 Å². The molecule has 3 rings (SSSR count). The maximum Gasteiger partial charge on any atom is 0.246 e. The second-order valence-corrected chi connectivity index (χ2v) is 6.46. The van der Waals surface area contributed by atoms with Crippen LogP contribution >= 0.6 is 11.6 Å². The first-order chi connectivity index (χ1) is 11.5. The molecule has 2 aromatic rings. The van der Waals surface area contributed by atoms with Crippen molar-refractivity contribution in [3.63, 3.8) is 0 Å². The molecule has 0 aliphatic carbocycles. The van der Waals surface area contributed by atoms with Crippen LogP contribution in [0.1, 0.15) is 13.3 Å². The number of aryl methyl sites for hydroxylation is 1. The van der Waals surface area contributed by atoms with Gasteiger partial charge in [0, 0.05) is 48.7 Å². The van der Waals surface area contributed by atoms with E-state index in [2.05, 4.69) is 0 Å². The number of halogens is 1.